The van der Waals surface area contributed by atoms with Crippen molar-refractivity contribution in [2.24, 2.45) is 0 Å². The molecular weight excluding hydrogens is 324 g/mol. The summed E-state index contributed by atoms with van der Waals surface area (Å²) in [5.74, 6) is 0.853. The molecule has 6 heteroatoms. The fourth-order valence-electron chi connectivity index (χ4n) is 2.33. The Morgan fingerprint density at radius 2 is 1.56 bits per heavy atom. The second-order valence-corrected chi connectivity index (χ2v) is 5.04. The molecule has 0 amide bonds. The number of benzene rings is 2. The molecule has 0 saturated heterocycles. The second kappa shape index (κ2) is 8.10. The Morgan fingerprint density at radius 3 is 2.16 bits per heavy atom. The van der Waals surface area contributed by atoms with Crippen molar-refractivity contribution in [2.45, 2.75) is 0 Å². The van der Waals surface area contributed by atoms with Gasteiger partial charge in [-0.1, -0.05) is 12.2 Å². The molecule has 0 aromatic heterocycles. The van der Waals surface area contributed by atoms with Gasteiger partial charge in [0.25, 0.3) is 0 Å². The molecule has 0 aliphatic carbocycles. The maximum atomic E-state index is 12.0. The zero-order chi connectivity index (χ0) is 18.4. The molecule has 6 nitrogen and oxygen atoms in total. The third-order valence-electron chi connectivity index (χ3n) is 3.63. The highest BCUT2D eigenvalue weighted by Gasteiger charge is 2.17. The number of carbonyl (C=O) groups is 1. The summed E-state index contributed by atoms with van der Waals surface area (Å²) in [5.41, 5.74) is 1.30. The highest BCUT2D eigenvalue weighted by Crippen LogP contribution is 2.31. The van der Waals surface area contributed by atoms with E-state index < -0.39 is 5.97 Å². The van der Waals surface area contributed by atoms with Gasteiger partial charge < -0.3 is 24.1 Å². The number of hydrogen-bond acceptors (Lipinski definition) is 6. The van der Waals surface area contributed by atoms with E-state index >= 15 is 0 Å². The van der Waals surface area contributed by atoms with Crippen molar-refractivity contribution in [3.63, 3.8) is 0 Å². The normalized spacial score (nSPS) is 10.6. The fraction of sp³-hybridized carbons (Fsp3) is 0.211. The minimum Gasteiger partial charge on any atom is -0.507 e. The van der Waals surface area contributed by atoms with Crippen LogP contribution >= 0.6 is 0 Å². The molecule has 2 aromatic carbocycles. The third kappa shape index (κ3) is 4.03. The summed E-state index contributed by atoms with van der Waals surface area (Å²) >= 11 is 0. The van der Waals surface area contributed by atoms with Crippen LogP contribution in [0.5, 0.6) is 23.0 Å². The monoisotopic (exact) mass is 344 g/mol. The predicted octanol–water partition coefficient (Wildman–Crippen LogP) is 3.38. The largest absolute Gasteiger partial charge is 0.507 e. The van der Waals surface area contributed by atoms with Gasteiger partial charge in [0.2, 0.25) is 0 Å². The van der Waals surface area contributed by atoms with Crippen molar-refractivity contribution in [3.05, 3.63) is 47.0 Å². The van der Waals surface area contributed by atoms with Crippen molar-refractivity contribution >= 4 is 18.1 Å². The van der Waals surface area contributed by atoms with Gasteiger partial charge in [0.15, 0.2) is 0 Å². The molecule has 0 spiro atoms. The van der Waals surface area contributed by atoms with Crippen LogP contribution in [0.15, 0.2) is 30.3 Å². The van der Waals surface area contributed by atoms with Crippen LogP contribution in [-0.2, 0) is 4.74 Å². The van der Waals surface area contributed by atoms with E-state index in [9.17, 15) is 9.90 Å². The summed E-state index contributed by atoms with van der Waals surface area (Å²) < 4.78 is 20.4. The van der Waals surface area contributed by atoms with E-state index in [1.54, 1.807) is 44.6 Å². The zero-order valence-corrected chi connectivity index (χ0v) is 14.5. The average Bonchev–Trinajstić information content (AvgIpc) is 2.64. The molecule has 0 aliphatic heterocycles. The zero-order valence-electron chi connectivity index (χ0n) is 14.5. The molecular formula is C19H20O6. The molecule has 0 bridgehead atoms. The summed E-state index contributed by atoms with van der Waals surface area (Å²) in [6.45, 7) is 0. The highest BCUT2D eigenvalue weighted by molar-refractivity contribution is 5.98. The van der Waals surface area contributed by atoms with Gasteiger partial charge in [-0.25, -0.2) is 4.79 Å². The van der Waals surface area contributed by atoms with Crippen LogP contribution in [-0.4, -0.2) is 39.5 Å². The lowest BCUT2D eigenvalue weighted by atomic mass is 10.0. The SMILES string of the molecule is COC(=O)c1c(O)cc(OC)cc1/C=C/c1ccc(OC)cc1OC. The summed E-state index contributed by atoms with van der Waals surface area (Å²) in [5, 5.41) is 10.1. The number of esters is 1. The van der Waals surface area contributed by atoms with Crippen molar-refractivity contribution in [1.82, 2.24) is 0 Å². The number of methoxy groups -OCH3 is 4. The molecule has 2 rings (SSSR count). The summed E-state index contributed by atoms with van der Waals surface area (Å²) in [4.78, 5) is 12.0. The molecule has 0 heterocycles. The topological polar surface area (TPSA) is 74.2 Å². The molecule has 0 radical (unpaired) electrons. The summed E-state index contributed by atoms with van der Waals surface area (Å²) in [6, 6.07) is 8.37. The van der Waals surface area contributed by atoms with E-state index in [4.69, 9.17) is 18.9 Å². The molecule has 0 unspecified atom stereocenters. The lowest BCUT2D eigenvalue weighted by Gasteiger charge is -2.10. The minimum absolute atomic E-state index is 0.0621. The Labute approximate surface area is 146 Å². The van der Waals surface area contributed by atoms with Crippen molar-refractivity contribution < 1.29 is 28.8 Å². The minimum atomic E-state index is -0.638. The number of phenols is 1. The van der Waals surface area contributed by atoms with E-state index in [2.05, 4.69) is 0 Å². The Morgan fingerprint density at radius 1 is 0.880 bits per heavy atom. The molecule has 1 N–H and O–H groups in total. The number of phenolic OH excluding ortho intramolecular Hbond substituents is 1. The van der Waals surface area contributed by atoms with Gasteiger partial charge in [-0.2, -0.15) is 0 Å². The third-order valence-corrected chi connectivity index (χ3v) is 3.63. The van der Waals surface area contributed by atoms with Gasteiger partial charge in [0.1, 0.15) is 28.6 Å². The standard InChI is InChI=1S/C19H20O6/c1-22-14-8-7-12(17(11-14)24-3)5-6-13-9-15(23-2)10-16(20)18(13)19(21)25-4/h5-11,20H,1-4H3/b6-5+. The first-order valence-electron chi connectivity index (χ1n) is 7.43. The van der Waals surface area contributed by atoms with Crippen molar-refractivity contribution in [1.29, 1.82) is 0 Å². The van der Waals surface area contributed by atoms with Crippen molar-refractivity contribution in [3.8, 4) is 23.0 Å². The molecule has 2 aromatic rings. The average molecular weight is 344 g/mol. The van der Waals surface area contributed by atoms with Gasteiger partial charge >= 0.3 is 5.97 Å². The maximum Gasteiger partial charge on any atom is 0.342 e. The quantitative estimate of drug-likeness (QED) is 0.640. The summed E-state index contributed by atoms with van der Waals surface area (Å²) in [6.07, 6.45) is 3.44. The lowest BCUT2D eigenvalue weighted by molar-refractivity contribution is 0.0597. The van der Waals surface area contributed by atoms with E-state index in [1.165, 1.54) is 20.3 Å². The Balaban J connectivity index is 2.50. The van der Waals surface area contributed by atoms with Crippen LogP contribution in [0.4, 0.5) is 0 Å². The van der Waals surface area contributed by atoms with E-state index in [1.807, 2.05) is 6.07 Å². The number of ether oxygens (including phenoxy) is 4. The molecule has 0 atom stereocenters. The Bertz CT molecular complexity index is 795. The van der Waals surface area contributed by atoms with Gasteiger partial charge in [-0.15, -0.1) is 0 Å². The van der Waals surface area contributed by atoms with E-state index in [0.717, 1.165) is 5.56 Å². The second-order valence-electron chi connectivity index (χ2n) is 5.04. The van der Waals surface area contributed by atoms with Gasteiger partial charge in [-0.05, 0) is 23.8 Å². The first-order chi connectivity index (χ1) is 12.0. The fourth-order valence-corrected chi connectivity index (χ4v) is 2.33. The highest BCUT2D eigenvalue weighted by atomic mass is 16.5. The Hall–Kier alpha value is -3.15. The van der Waals surface area contributed by atoms with Crippen molar-refractivity contribution in [2.75, 3.05) is 28.4 Å². The predicted molar refractivity (Wildman–Crippen MR) is 94.5 cm³/mol. The Kier molecular flexibility index (Phi) is 5.89. The van der Waals surface area contributed by atoms with Gasteiger partial charge in [0, 0.05) is 17.7 Å². The molecule has 0 fully saturated rings. The first-order valence-corrected chi connectivity index (χ1v) is 7.43. The smallest absolute Gasteiger partial charge is 0.342 e. The number of hydrogen-bond donors (Lipinski definition) is 1. The molecule has 25 heavy (non-hydrogen) atoms. The van der Waals surface area contributed by atoms with E-state index in [-0.39, 0.29) is 11.3 Å². The van der Waals surface area contributed by atoms with Crippen LogP contribution in [0.2, 0.25) is 0 Å². The van der Waals surface area contributed by atoms with E-state index in [0.29, 0.717) is 22.8 Å². The number of carbonyl (C=O) groups excluding carboxylic acids is 1. The summed E-state index contributed by atoms with van der Waals surface area (Å²) in [7, 11) is 5.87. The lowest BCUT2D eigenvalue weighted by Crippen LogP contribution is -2.04. The first kappa shape index (κ1) is 18.2. The number of rotatable bonds is 6. The van der Waals surface area contributed by atoms with Gasteiger partial charge in [0.05, 0.1) is 28.4 Å². The molecule has 132 valence electrons. The number of aromatic hydroxyl groups is 1. The molecule has 0 aliphatic rings. The van der Waals surface area contributed by atoms with Crippen LogP contribution < -0.4 is 14.2 Å². The van der Waals surface area contributed by atoms with Crippen LogP contribution in [0, 0.1) is 0 Å². The molecule has 0 saturated carbocycles. The van der Waals surface area contributed by atoms with Crippen LogP contribution in [0.1, 0.15) is 21.5 Å². The maximum absolute atomic E-state index is 12.0. The van der Waals surface area contributed by atoms with Gasteiger partial charge in [-0.3, -0.25) is 0 Å². The van der Waals surface area contributed by atoms with Crippen LogP contribution in [0.25, 0.3) is 12.2 Å². The van der Waals surface area contributed by atoms with Crippen LogP contribution in [0.3, 0.4) is 0 Å².